The molecule has 3 aromatic carbocycles. The van der Waals surface area contributed by atoms with Crippen molar-refractivity contribution in [2.45, 2.75) is 45.3 Å². The third-order valence-corrected chi connectivity index (χ3v) is 6.57. The van der Waals surface area contributed by atoms with E-state index < -0.39 is 35.2 Å². The Kier molecular flexibility index (Phi) is 6.86. The van der Waals surface area contributed by atoms with Crippen LogP contribution in [0, 0.1) is 6.92 Å². The summed E-state index contributed by atoms with van der Waals surface area (Å²) >= 11 is 0. The third-order valence-electron chi connectivity index (χ3n) is 6.57. The smallest absolute Gasteiger partial charge is 0.416 e. The number of aliphatic hydroxyl groups excluding tert-OH is 1. The van der Waals surface area contributed by atoms with Crippen molar-refractivity contribution < 1.29 is 32.6 Å². The van der Waals surface area contributed by atoms with Gasteiger partial charge in [0.2, 0.25) is 0 Å². The molecule has 1 aliphatic heterocycles. The molecule has 1 aliphatic rings. The number of nitrogens with zero attached hydrogens (tertiary/aromatic N) is 1. The lowest BCUT2D eigenvalue weighted by Crippen LogP contribution is -2.29. The number of amides is 1. The van der Waals surface area contributed by atoms with Crippen LogP contribution < -0.4 is 9.64 Å². The molecule has 0 radical (unpaired) electrons. The minimum atomic E-state index is -4.65. The van der Waals surface area contributed by atoms with Crippen LogP contribution in [0.25, 0.3) is 5.76 Å². The van der Waals surface area contributed by atoms with Crippen LogP contribution in [-0.4, -0.2) is 23.9 Å². The van der Waals surface area contributed by atoms with Gasteiger partial charge in [-0.1, -0.05) is 62.7 Å². The van der Waals surface area contributed by atoms with E-state index in [2.05, 4.69) is 0 Å². The molecule has 8 heteroatoms. The molecule has 1 heterocycles. The number of methoxy groups -OCH3 is 1. The SMILES string of the molecule is COc1ccc(C(C)(C)C)cc1/C(O)=C1\C(=O)C(=O)N(c2cccc(C(F)(F)F)c2)C1c1cccc(C)c1. The van der Waals surface area contributed by atoms with E-state index in [1.165, 1.54) is 19.2 Å². The van der Waals surface area contributed by atoms with Crippen molar-refractivity contribution in [3.05, 3.63) is 100 Å². The molecule has 0 aliphatic carbocycles. The van der Waals surface area contributed by atoms with Crippen LogP contribution in [0.2, 0.25) is 0 Å². The number of alkyl halides is 3. The molecule has 1 saturated heterocycles. The van der Waals surface area contributed by atoms with E-state index in [4.69, 9.17) is 4.74 Å². The molecule has 4 rings (SSSR count). The van der Waals surface area contributed by atoms with Gasteiger partial charge in [-0.2, -0.15) is 13.2 Å². The van der Waals surface area contributed by atoms with Crippen LogP contribution >= 0.6 is 0 Å². The van der Waals surface area contributed by atoms with Crippen LogP contribution in [0.4, 0.5) is 18.9 Å². The monoisotopic (exact) mass is 523 g/mol. The molecule has 1 N–H and O–H groups in total. The lowest BCUT2D eigenvalue weighted by molar-refractivity contribution is -0.137. The summed E-state index contributed by atoms with van der Waals surface area (Å²) in [7, 11) is 1.42. The molecule has 38 heavy (non-hydrogen) atoms. The summed E-state index contributed by atoms with van der Waals surface area (Å²) < 4.78 is 46.0. The van der Waals surface area contributed by atoms with Crippen molar-refractivity contribution >= 4 is 23.1 Å². The highest BCUT2D eigenvalue weighted by Crippen LogP contribution is 2.45. The molecular formula is C30H28F3NO4. The first-order chi connectivity index (χ1) is 17.7. The van der Waals surface area contributed by atoms with Gasteiger partial charge < -0.3 is 9.84 Å². The maximum atomic E-state index is 13.5. The second-order valence-corrected chi connectivity index (χ2v) is 10.3. The van der Waals surface area contributed by atoms with Gasteiger partial charge in [0.05, 0.1) is 29.9 Å². The quantitative estimate of drug-likeness (QED) is 0.228. The van der Waals surface area contributed by atoms with E-state index in [0.717, 1.165) is 28.2 Å². The molecule has 1 amide bonds. The van der Waals surface area contributed by atoms with Gasteiger partial charge in [-0.25, -0.2) is 0 Å². The predicted molar refractivity (Wildman–Crippen MR) is 139 cm³/mol. The van der Waals surface area contributed by atoms with E-state index in [-0.39, 0.29) is 28.0 Å². The lowest BCUT2D eigenvalue weighted by atomic mass is 9.85. The molecular weight excluding hydrogens is 495 g/mol. The zero-order valence-electron chi connectivity index (χ0n) is 21.7. The van der Waals surface area contributed by atoms with Crippen molar-refractivity contribution in [1.29, 1.82) is 0 Å². The molecule has 0 bridgehead atoms. The van der Waals surface area contributed by atoms with Gasteiger partial charge in [-0.3, -0.25) is 14.5 Å². The lowest BCUT2D eigenvalue weighted by Gasteiger charge is -2.26. The Bertz CT molecular complexity index is 1450. The Morgan fingerprint density at radius 3 is 2.21 bits per heavy atom. The largest absolute Gasteiger partial charge is 0.507 e. The van der Waals surface area contributed by atoms with Crippen molar-refractivity contribution in [3.63, 3.8) is 0 Å². The Morgan fingerprint density at radius 1 is 0.921 bits per heavy atom. The number of hydrogen-bond donors (Lipinski definition) is 1. The van der Waals surface area contributed by atoms with Gasteiger partial charge in [0.1, 0.15) is 11.5 Å². The van der Waals surface area contributed by atoms with Crippen LogP contribution in [0.15, 0.2) is 72.3 Å². The standard InChI is InChI=1S/C30H28F3NO4/c1-17-8-6-9-18(14-17)25-24(26(35)22-16-19(29(2,3)4)12-13-23(22)38-5)27(36)28(37)34(25)21-11-7-10-20(15-21)30(31,32)33/h6-16,25,35H,1-5H3/b26-24+. The molecule has 1 atom stereocenters. The normalized spacial score (nSPS) is 17.7. The fourth-order valence-electron chi connectivity index (χ4n) is 4.59. The summed E-state index contributed by atoms with van der Waals surface area (Å²) in [5.74, 6) is -2.23. The second-order valence-electron chi connectivity index (χ2n) is 10.3. The fraction of sp³-hybridized carbons (Fsp3) is 0.267. The molecule has 5 nitrogen and oxygen atoms in total. The number of ketones is 1. The molecule has 0 aromatic heterocycles. The number of benzene rings is 3. The maximum Gasteiger partial charge on any atom is 0.416 e. The van der Waals surface area contributed by atoms with Crippen LogP contribution in [-0.2, 0) is 21.2 Å². The number of halogens is 3. The molecule has 1 fully saturated rings. The van der Waals surface area contributed by atoms with Gasteiger partial charge in [0.15, 0.2) is 0 Å². The van der Waals surface area contributed by atoms with Crippen LogP contribution in [0.1, 0.15) is 54.6 Å². The zero-order chi connectivity index (χ0) is 28.0. The number of rotatable bonds is 4. The van der Waals surface area contributed by atoms with E-state index >= 15 is 0 Å². The van der Waals surface area contributed by atoms with Gasteiger partial charge >= 0.3 is 6.18 Å². The van der Waals surface area contributed by atoms with Crippen LogP contribution in [0.3, 0.4) is 0 Å². The molecule has 0 spiro atoms. The zero-order valence-corrected chi connectivity index (χ0v) is 21.7. The first-order valence-corrected chi connectivity index (χ1v) is 12.0. The minimum Gasteiger partial charge on any atom is -0.507 e. The average molecular weight is 524 g/mol. The fourth-order valence-corrected chi connectivity index (χ4v) is 4.59. The van der Waals surface area contributed by atoms with Gasteiger partial charge in [-0.15, -0.1) is 0 Å². The maximum absolute atomic E-state index is 13.5. The Hall–Kier alpha value is -4.07. The highest BCUT2D eigenvalue weighted by molar-refractivity contribution is 6.51. The molecule has 0 saturated carbocycles. The number of aliphatic hydroxyl groups is 1. The Morgan fingerprint density at radius 2 is 1.61 bits per heavy atom. The Labute approximate surface area is 219 Å². The highest BCUT2D eigenvalue weighted by atomic mass is 19.4. The molecule has 198 valence electrons. The van der Waals surface area contributed by atoms with Crippen molar-refractivity contribution in [2.24, 2.45) is 0 Å². The number of Topliss-reactive ketones (excluding diaryl/α,β-unsaturated/α-hetero) is 1. The Balaban J connectivity index is 2.01. The summed E-state index contributed by atoms with van der Waals surface area (Å²) in [6.07, 6.45) is -4.65. The second kappa shape index (κ2) is 9.67. The molecule has 1 unspecified atom stereocenters. The van der Waals surface area contributed by atoms with Crippen molar-refractivity contribution in [3.8, 4) is 5.75 Å². The van der Waals surface area contributed by atoms with Crippen molar-refractivity contribution in [2.75, 3.05) is 12.0 Å². The van der Waals surface area contributed by atoms with Gasteiger partial charge in [0.25, 0.3) is 11.7 Å². The summed E-state index contributed by atoms with van der Waals surface area (Å²) in [6.45, 7) is 7.77. The van der Waals surface area contributed by atoms with E-state index in [9.17, 15) is 27.9 Å². The first-order valence-electron chi connectivity index (χ1n) is 12.0. The minimum absolute atomic E-state index is 0.108. The summed E-state index contributed by atoms with van der Waals surface area (Å²) in [5, 5.41) is 11.6. The van der Waals surface area contributed by atoms with Gasteiger partial charge in [0, 0.05) is 5.69 Å². The first kappa shape index (κ1) is 27.0. The number of hydrogen-bond acceptors (Lipinski definition) is 4. The van der Waals surface area contributed by atoms with Gasteiger partial charge in [-0.05, 0) is 53.8 Å². The number of anilines is 1. The molecule has 3 aromatic rings. The summed E-state index contributed by atoms with van der Waals surface area (Å²) in [6, 6.07) is 15.2. The average Bonchev–Trinajstić information content (AvgIpc) is 3.12. The highest BCUT2D eigenvalue weighted by Gasteiger charge is 2.47. The number of ether oxygens (including phenoxy) is 1. The number of carbonyl (C=O) groups is 2. The number of aryl methyl sites for hydroxylation is 1. The number of carbonyl (C=O) groups excluding carboxylic acids is 2. The van der Waals surface area contributed by atoms with Crippen molar-refractivity contribution in [1.82, 2.24) is 0 Å². The third kappa shape index (κ3) is 4.90. The van der Waals surface area contributed by atoms with Crippen LogP contribution in [0.5, 0.6) is 5.75 Å². The predicted octanol–water partition coefficient (Wildman–Crippen LogP) is 6.95. The van der Waals surface area contributed by atoms with E-state index in [1.54, 1.807) is 30.3 Å². The summed E-state index contributed by atoms with van der Waals surface area (Å²) in [5.41, 5.74) is 0.725. The summed E-state index contributed by atoms with van der Waals surface area (Å²) in [4.78, 5) is 27.9. The van der Waals surface area contributed by atoms with E-state index in [1.807, 2.05) is 39.8 Å². The van der Waals surface area contributed by atoms with E-state index in [0.29, 0.717) is 5.56 Å². The topological polar surface area (TPSA) is 66.8 Å².